The molecule has 9 heteroatoms. The topological polar surface area (TPSA) is 59.1 Å². The van der Waals surface area contributed by atoms with Crippen molar-refractivity contribution in [3.8, 4) is 0 Å². The second-order valence-electron chi connectivity index (χ2n) is 11.7. The molecular weight excluding hydrogens is 445 g/mol. The number of nitrogens with one attached hydrogen (secondary N) is 1. The maximum atomic E-state index is 13.3. The molecular formula is C25H41F3N4O2. The van der Waals surface area contributed by atoms with Gasteiger partial charge in [0, 0.05) is 51.2 Å². The first kappa shape index (κ1) is 24.8. The van der Waals surface area contributed by atoms with Crippen molar-refractivity contribution in [3.05, 3.63) is 0 Å². The Morgan fingerprint density at radius 3 is 2.35 bits per heavy atom. The van der Waals surface area contributed by atoms with Crippen molar-refractivity contribution in [2.75, 3.05) is 33.2 Å². The van der Waals surface area contributed by atoms with Gasteiger partial charge in [-0.15, -0.1) is 0 Å². The molecule has 6 atom stereocenters. The first-order chi connectivity index (χ1) is 16.2. The highest BCUT2D eigenvalue weighted by Crippen LogP contribution is 2.47. The number of piperidine rings is 1. The summed E-state index contributed by atoms with van der Waals surface area (Å²) < 4.78 is 39.9. The minimum Gasteiger partial charge on any atom is -0.390 e. The Balaban J connectivity index is 1.19. The van der Waals surface area contributed by atoms with Crippen LogP contribution in [0.5, 0.6) is 0 Å². The van der Waals surface area contributed by atoms with Gasteiger partial charge in [0.25, 0.3) is 0 Å². The fraction of sp³-hybridized carbons (Fsp3) is 0.960. The molecule has 0 spiro atoms. The average molecular weight is 487 g/mol. The van der Waals surface area contributed by atoms with Gasteiger partial charge in [-0.2, -0.15) is 13.2 Å². The molecule has 5 rings (SSSR count). The molecule has 3 aliphatic heterocycles. The number of likely N-dealkylation sites (tertiary alicyclic amines) is 2. The lowest BCUT2D eigenvalue weighted by molar-refractivity contribution is -0.196. The summed E-state index contributed by atoms with van der Waals surface area (Å²) in [6, 6.07) is 0.595. The lowest BCUT2D eigenvalue weighted by Crippen LogP contribution is -2.55. The number of rotatable bonds is 3. The van der Waals surface area contributed by atoms with E-state index in [0.717, 1.165) is 58.3 Å². The average Bonchev–Trinajstić information content (AvgIpc) is 3.47. The van der Waals surface area contributed by atoms with Crippen molar-refractivity contribution in [1.29, 1.82) is 0 Å². The summed E-state index contributed by atoms with van der Waals surface area (Å²) in [4.78, 5) is 17.7. The van der Waals surface area contributed by atoms with Gasteiger partial charge in [0.05, 0.1) is 11.5 Å². The van der Waals surface area contributed by atoms with Crippen molar-refractivity contribution in [2.24, 2.45) is 17.8 Å². The van der Waals surface area contributed by atoms with Crippen LogP contribution in [0.1, 0.15) is 70.6 Å². The van der Waals surface area contributed by atoms with Crippen molar-refractivity contribution in [1.82, 2.24) is 20.2 Å². The number of hydrogen-bond donors (Lipinski definition) is 2. The first-order valence-electron chi connectivity index (χ1n) is 13.5. The van der Waals surface area contributed by atoms with Crippen LogP contribution in [0, 0.1) is 17.8 Å². The van der Waals surface area contributed by atoms with Gasteiger partial charge in [-0.05, 0) is 70.1 Å². The molecule has 0 aromatic rings. The standard InChI is InChI=1S/C25H41F3N4O2/c1-30-21-8-7-19(16-20(21)22(29-30)23(33)32-11-2-3-12-32)31-13-9-24(34,10-14-31)17-5-4-6-18(15-17)25(26,27)28/h17-22,29,34H,2-16H2,1H3/t17?,18?,19-,20?,21?,22?/m0/s1. The molecule has 0 bridgehead atoms. The number of halogens is 3. The number of carbonyl (C=O) groups is 1. The van der Waals surface area contributed by atoms with Crippen molar-refractivity contribution < 1.29 is 23.1 Å². The van der Waals surface area contributed by atoms with Gasteiger partial charge in [-0.1, -0.05) is 6.42 Å². The fourth-order valence-electron chi connectivity index (χ4n) is 7.78. The van der Waals surface area contributed by atoms with Gasteiger partial charge in [0.15, 0.2) is 0 Å². The molecule has 3 saturated heterocycles. The highest BCUT2D eigenvalue weighted by Gasteiger charge is 2.51. The number of carbonyl (C=O) groups excluding carboxylic acids is 1. The lowest BCUT2D eigenvalue weighted by Gasteiger charge is -2.49. The normalized spacial score (nSPS) is 39.9. The molecule has 0 radical (unpaired) electrons. The minimum atomic E-state index is -4.15. The smallest absolute Gasteiger partial charge is 0.390 e. The Bertz CT molecular complexity index is 736. The fourth-order valence-corrected chi connectivity index (χ4v) is 7.78. The molecule has 5 fully saturated rings. The first-order valence-corrected chi connectivity index (χ1v) is 13.5. The summed E-state index contributed by atoms with van der Waals surface area (Å²) in [6.45, 7) is 3.20. The van der Waals surface area contributed by atoms with E-state index in [1.807, 2.05) is 4.90 Å². The van der Waals surface area contributed by atoms with E-state index in [4.69, 9.17) is 0 Å². The zero-order chi connectivity index (χ0) is 24.1. The number of hydrazine groups is 1. The summed E-state index contributed by atoms with van der Waals surface area (Å²) in [5.41, 5.74) is 2.49. The monoisotopic (exact) mass is 486 g/mol. The van der Waals surface area contributed by atoms with Crippen LogP contribution < -0.4 is 5.43 Å². The van der Waals surface area contributed by atoms with Gasteiger partial charge in [-0.3, -0.25) is 4.79 Å². The number of amides is 1. The van der Waals surface area contributed by atoms with Crippen LogP contribution in [-0.4, -0.2) is 89.0 Å². The van der Waals surface area contributed by atoms with Gasteiger partial charge >= 0.3 is 6.18 Å². The van der Waals surface area contributed by atoms with Gasteiger partial charge < -0.3 is 14.9 Å². The summed E-state index contributed by atoms with van der Waals surface area (Å²) in [7, 11) is 2.05. The quantitative estimate of drug-likeness (QED) is 0.642. The third-order valence-corrected chi connectivity index (χ3v) is 9.86. The van der Waals surface area contributed by atoms with Crippen LogP contribution in [0.4, 0.5) is 13.2 Å². The maximum absolute atomic E-state index is 13.3. The number of nitrogens with zero attached hydrogens (tertiary/aromatic N) is 3. The van der Waals surface area contributed by atoms with E-state index in [1.54, 1.807) is 0 Å². The van der Waals surface area contributed by atoms with Crippen LogP contribution in [-0.2, 0) is 4.79 Å². The van der Waals surface area contributed by atoms with Crippen LogP contribution in [0.15, 0.2) is 0 Å². The van der Waals surface area contributed by atoms with Crippen LogP contribution >= 0.6 is 0 Å². The molecule has 0 aromatic carbocycles. The number of fused-ring (bicyclic) bond motifs is 1. The van der Waals surface area contributed by atoms with E-state index in [0.29, 0.717) is 37.8 Å². The maximum Gasteiger partial charge on any atom is 0.391 e. The largest absolute Gasteiger partial charge is 0.391 e. The van der Waals surface area contributed by atoms with E-state index in [1.165, 1.54) is 0 Å². The van der Waals surface area contributed by atoms with Crippen LogP contribution in [0.2, 0.25) is 0 Å². The Hall–Kier alpha value is -0.900. The van der Waals surface area contributed by atoms with Crippen molar-refractivity contribution in [2.45, 2.75) is 101 Å². The molecule has 0 aromatic heterocycles. The van der Waals surface area contributed by atoms with Gasteiger partial charge in [0.2, 0.25) is 5.91 Å². The summed E-state index contributed by atoms with van der Waals surface area (Å²) in [6.07, 6.45) is 3.74. The molecule has 6 nitrogen and oxygen atoms in total. The molecule has 3 heterocycles. The van der Waals surface area contributed by atoms with E-state index in [2.05, 4.69) is 22.4 Å². The minimum absolute atomic E-state index is 0.0749. The zero-order valence-corrected chi connectivity index (χ0v) is 20.4. The lowest BCUT2D eigenvalue weighted by atomic mass is 9.68. The highest BCUT2D eigenvalue weighted by molar-refractivity contribution is 5.83. The van der Waals surface area contributed by atoms with E-state index in [-0.39, 0.29) is 36.6 Å². The van der Waals surface area contributed by atoms with E-state index in [9.17, 15) is 23.1 Å². The summed E-state index contributed by atoms with van der Waals surface area (Å²) in [5, 5.41) is 13.5. The Morgan fingerprint density at radius 2 is 1.68 bits per heavy atom. The van der Waals surface area contributed by atoms with Crippen molar-refractivity contribution in [3.63, 3.8) is 0 Å². The molecule has 5 aliphatic rings. The number of hydrogen-bond acceptors (Lipinski definition) is 5. The molecule has 1 amide bonds. The van der Waals surface area contributed by atoms with E-state index < -0.39 is 17.7 Å². The third-order valence-electron chi connectivity index (χ3n) is 9.86. The molecule has 34 heavy (non-hydrogen) atoms. The van der Waals surface area contributed by atoms with Gasteiger partial charge in [-0.25, -0.2) is 10.4 Å². The zero-order valence-electron chi connectivity index (χ0n) is 20.4. The molecule has 2 N–H and O–H groups in total. The predicted molar refractivity (Wildman–Crippen MR) is 123 cm³/mol. The SMILES string of the molecule is CN1NC(C(=O)N2CCCC2)C2C[C@@H](N3CCC(O)(C4CCCC(C(F)(F)F)C4)CC3)CCC21. The van der Waals surface area contributed by atoms with Crippen molar-refractivity contribution >= 4 is 5.91 Å². The number of aliphatic hydroxyl groups is 1. The summed E-state index contributed by atoms with van der Waals surface area (Å²) >= 11 is 0. The second kappa shape index (κ2) is 9.52. The second-order valence-corrected chi connectivity index (χ2v) is 11.7. The molecule has 2 saturated carbocycles. The summed E-state index contributed by atoms with van der Waals surface area (Å²) in [5.74, 6) is -0.994. The van der Waals surface area contributed by atoms with Crippen LogP contribution in [0.3, 0.4) is 0 Å². The third kappa shape index (κ3) is 4.74. The Labute approximate surface area is 201 Å². The van der Waals surface area contributed by atoms with Crippen LogP contribution in [0.25, 0.3) is 0 Å². The Morgan fingerprint density at radius 1 is 0.971 bits per heavy atom. The van der Waals surface area contributed by atoms with E-state index >= 15 is 0 Å². The molecule has 5 unspecified atom stereocenters. The Kier molecular flexibility index (Phi) is 6.94. The van der Waals surface area contributed by atoms with Gasteiger partial charge in [0.1, 0.15) is 6.04 Å². The molecule has 2 aliphatic carbocycles. The molecule has 194 valence electrons. The highest BCUT2D eigenvalue weighted by atomic mass is 19.4. The number of alkyl halides is 3. The predicted octanol–water partition coefficient (Wildman–Crippen LogP) is 3.16.